The Morgan fingerprint density at radius 3 is 2.70 bits per heavy atom. The van der Waals surface area contributed by atoms with Crippen LogP contribution in [-0.4, -0.2) is 34.4 Å². The average molecular weight is 386 g/mol. The second-order valence-corrected chi connectivity index (χ2v) is 6.47. The van der Waals surface area contributed by atoms with Crippen LogP contribution < -0.4 is 10.1 Å². The molecule has 3 aromatic rings. The van der Waals surface area contributed by atoms with Gasteiger partial charge in [0.25, 0.3) is 5.91 Å². The highest BCUT2D eigenvalue weighted by molar-refractivity contribution is 6.30. The van der Waals surface area contributed by atoms with E-state index in [1.165, 1.54) is 6.20 Å². The van der Waals surface area contributed by atoms with Crippen LogP contribution in [0.5, 0.6) is 5.75 Å². The molecule has 0 aliphatic heterocycles. The normalized spacial score (nSPS) is 11.9. The number of methoxy groups -OCH3 is 1. The first-order chi connectivity index (χ1) is 13.0. The van der Waals surface area contributed by atoms with Gasteiger partial charge in [0.2, 0.25) is 0 Å². The van der Waals surface area contributed by atoms with E-state index in [9.17, 15) is 9.90 Å². The Morgan fingerprint density at radius 1 is 1.30 bits per heavy atom. The molecule has 0 bridgehead atoms. The number of aromatic nitrogens is 2. The maximum atomic E-state index is 12.5. The molecule has 0 saturated heterocycles. The zero-order chi connectivity index (χ0) is 19.4. The van der Waals surface area contributed by atoms with Crippen molar-refractivity contribution >= 4 is 17.5 Å². The third-order valence-corrected chi connectivity index (χ3v) is 4.50. The monoisotopic (exact) mass is 385 g/mol. The smallest absolute Gasteiger partial charge is 0.254 e. The van der Waals surface area contributed by atoms with E-state index < -0.39 is 6.10 Å². The largest absolute Gasteiger partial charge is 0.497 e. The maximum Gasteiger partial charge on any atom is 0.254 e. The minimum absolute atomic E-state index is 0.0902. The van der Waals surface area contributed by atoms with Gasteiger partial charge in [-0.3, -0.25) is 4.79 Å². The molecule has 0 saturated carbocycles. The Kier molecular flexibility index (Phi) is 5.78. The summed E-state index contributed by atoms with van der Waals surface area (Å²) in [4.78, 5) is 12.5. The van der Waals surface area contributed by atoms with Crippen LogP contribution in [0, 0.1) is 6.92 Å². The molecule has 2 N–H and O–H groups in total. The van der Waals surface area contributed by atoms with Crippen molar-refractivity contribution in [2.45, 2.75) is 13.0 Å². The SMILES string of the molecule is COc1ccc(C(O)CNC(=O)c2cnn(-c3cccc(Cl)c3)c2C)cc1. The van der Waals surface area contributed by atoms with Crippen LogP contribution in [0.4, 0.5) is 0 Å². The van der Waals surface area contributed by atoms with Gasteiger partial charge < -0.3 is 15.2 Å². The standard InChI is InChI=1S/C20H20ClN3O3/c1-13-18(11-23-24(13)16-5-3-4-15(21)10-16)20(26)22-12-19(25)14-6-8-17(27-2)9-7-14/h3-11,19,25H,12H2,1-2H3,(H,22,26). The fourth-order valence-electron chi connectivity index (χ4n) is 2.73. The fraction of sp³-hybridized carbons (Fsp3) is 0.200. The predicted octanol–water partition coefficient (Wildman–Crippen LogP) is 3.31. The molecule has 7 heteroatoms. The number of nitrogens with one attached hydrogen (secondary N) is 1. The molecule has 1 amide bonds. The summed E-state index contributed by atoms with van der Waals surface area (Å²) >= 11 is 6.02. The summed E-state index contributed by atoms with van der Waals surface area (Å²) in [6, 6.07) is 14.3. The molecule has 0 aliphatic carbocycles. The molecule has 2 aromatic carbocycles. The van der Waals surface area contributed by atoms with E-state index in [0.29, 0.717) is 27.6 Å². The number of carbonyl (C=O) groups excluding carboxylic acids is 1. The molecule has 1 aromatic heterocycles. The molecule has 6 nitrogen and oxygen atoms in total. The molecule has 140 valence electrons. The second kappa shape index (κ2) is 8.24. The van der Waals surface area contributed by atoms with Crippen LogP contribution in [0.1, 0.15) is 27.7 Å². The molecular weight excluding hydrogens is 366 g/mol. The van der Waals surface area contributed by atoms with Crippen LogP contribution in [0.3, 0.4) is 0 Å². The topological polar surface area (TPSA) is 76.4 Å². The van der Waals surface area contributed by atoms with E-state index in [-0.39, 0.29) is 12.5 Å². The Bertz CT molecular complexity index is 938. The van der Waals surface area contributed by atoms with Gasteiger partial charge in [0.05, 0.1) is 36.4 Å². The quantitative estimate of drug-likeness (QED) is 0.682. The van der Waals surface area contributed by atoms with Gasteiger partial charge in [-0.25, -0.2) is 4.68 Å². The number of hydrogen-bond donors (Lipinski definition) is 2. The van der Waals surface area contributed by atoms with Gasteiger partial charge in [0, 0.05) is 11.6 Å². The molecule has 0 fully saturated rings. The van der Waals surface area contributed by atoms with Gasteiger partial charge in [-0.2, -0.15) is 5.10 Å². The molecule has 3 rings (SSSR count). The Hall–Kier alpha value is -2.83. The minimum Gasteiger partial charge on any atom is -0.497 e. The molecule has 1 unspecified atom stereocenters. The first-order valence-electron chi connectivity index (χ1n) is 8.40. The van der Waals surface area contributed by atoms with Crippen molar-refractivity contribution in [1.82, 2.24) is 15.1 Å². The minimum atomic E-state index is -0.817. The number of hydrogen-bond acceptors (Lipinski definition) is 4. The first-order valence-corrected chi connectivity index (χ1v) is 8.78. The van der Waals surface area contributed by atoms with Gasteiger partial charge in [-0.15, -0.1) is 0 Å². The number of amides is 1. The number of nitrogens with zero attached hydrogens (tertiary/aromatic N) is 2. The van der Waals surface area contributed by atoms with Crippen molar-refractivity contribution < 1.29 is 14.6 Å². The van der Waals surface area contributed by atoms with E-state index >= 15 is 0 Å². The number of aliphatic hydroxyl groups excluding tert-OH is 1. The van der Waals surface area contributed by atoms with Crippen LogP contribution in [0.25, 0.3) is 5.69 Å². The molecule has 1 atom stereocenters. The molecule has 0 aliphatic rings. The number of halogens is 1. The lowest BCUT2D eigenvalue weighted by molar-refractivity contribution is 0.0915. The molecule has 0 radical (unpaired) electrons. The zero-order valence-electron chi connectivity index (χ0n) is 15.0. The lowest BCUT2D eigenvalue weighted by atomic mass is 10.1. The zero-order valence-corrected chi connectivity index (χ0v) is 15.8. The van der Waals surface area contributed by atoms with E-state index in [1.807, 2.05) is 19.1 Å². The van der Waals surface area contributed by atoms with Crippen molar-refractivity contribution in [3.8, 4) is 11.4 Å². The highest BCUT2D eigenvalue weighted by atomic mass is 35.5. The molecule has 1 heterocycles. The van der Waals surface area contributed by atoms with Gasteiger partial charge in [0.15, 0.2) is 0 Å². The van der Waals surface area contributed by atoms with E-state index in [4.69, 9.17) is 16.3 Å². The van der Waals surface area contributed by atoms with E-state index in [1.54, 1.807) is 48.2 Å². The van der Waals surface area contributed by atoms with Crippen LogP contribution in [-0.2, 0) is 0 Å². The second-order valence-electron chi connectivity index (χ2n) is 6.03. The molecule has 27 heavy (non-hydrogen) atoms. The van der Waals surface area contributed by atoms with Crippen LogP contribution in [0.15, 0.2) is 54.7 Å². The summed E-state index contributed by atoms with van der Waals surface area (Å²) < 4.78 is 6.75. The number of carbonyl (C=O) groups is 1. The highest BCUT2D eigenvalue weighted by Gasteiger charge is 2.17. The Morgan fingerprint density at radius 2 is 2.04 bits per heavy atom. The van der Waals surface area contributed by atoms with Crippen molar-refractivity contribution in [3.63, 3.8) is 0 Å². The number of ether oxygens (including phenoxy) is 1. The predicted molar refractivity (Wildman–Crippen MR) is 104 cm³/mol. The first kappa shape index (κ1) is 18.9. The number of aliphatic hydroxyl groups is 1. The number of benzene rings is 2. The molecule has 0 spiro atoms. The number of rotatable bonds is 6. The summed E-state index contributed by atoms with van der Waals surface area (Å²) in [7, 11) is 1.58. The Balaban J connectivity index is 1.67. The van der Waals surface area contributed by atoms with Crippen molar-refractivity contribution in [3.05, 3.63) is 76.6 Å². The van der Waals surface area contributed by atoms with Gasteiger partial charge >= 0.3 is 0 Å². The summed E-state index contributed by atoms with van der Waals surface area (Å²) in [6.07, 6.45) is 0.689. The third-order valence-electron chi connectivity index (χ3n) is 4.26. The van der Waals surface area contributed by atoms with Crippen molar-refractivity contribution in [2.24, 2.45) is 0 Å². The van der Waals surface area contributed by atoms with Gasteiger partial charge in [-0.1, -0.05) is 29.8 Å². The summed E-state index contributed by atoms with van der Waals surface area (Å²) in [5.74, 6) is 0.410. The summed E-state index contributed by atoms with van der Waals surface area (Å²) in [6.45, 7) is 1.90. The van der Waals surface area contributed by atoms with Crippen molar-refractivity contribution in [2.75, 3.05) is 13.7 Å². The lowest BCUT2D eigenvalue weighted by Crippen LogP contribution is -2.28. The van der Waals surface area contributed by atoms with Gasteiger partial charge in [0.1, 0.15) is 5.75 Å². The highest BCUT2D eigenvalue weighted by Crippen LogP contribution is 2.19. The summed E-state index contributed by atoms with van der Waals surface area (Å²) in [5.41, 5.74) is 2.60. The van der Waals surface area contributed by atoms with Gasteiger partial charge in [-0.05, 0) is 42.8 Å². The summed E-state index contributed by atoms with van der Waals surface area (Å²) in [5, 5.41) is 17.9. The molecular formula is C20H20ClN3O3. The van der Waals surface area contributed by atoms with E-state index in [2.05, 4.69) is 10.4 Å². The third kappa shape index (κ3) is 4.30. The van der Waals surface area contributed by atoms with Crippen LogP contribution in [0.2, 0.25) is 5.02 Å². The van der Waals surface area contributed by atoms with Crippen LogP contribution >= 0.6 is 11.6 Å². The Labute approximate surface area is 162 Å². The van der Waals surface area contributed by atoms with E-state index in [0.717, 1.165) is 5.69 Å². The maximum absolute atomic E-state index is 12.5. The fourth-order valence-corrected chi connectivity index (χ4v) is 2.91. The van der Waals surface area contributed by atoms with Crippen molar-refractivity contribution in [1.29, 1.82) is 0 Å². The average Bonchev–Trinajstić information content (AvgIpc) is 3.07. The lowest BCUT2D eigenvalue weighted by Gasteiger charge is -2.13.